The lowest BCUT2D eigenvalue weighted by molar-refractivity contribution is -0.876. The Labute approximate surface area is 85.2 Å². The van der Waals surface area contributed by atoms with Crippen LogP contribution in [0.15, 0.2) is 29.4 Å². The summed E-state index contributed by atoms with van der Waals surface area (Å²) in [6.07, 6.45) is 1.86. The van der Waals surface area contributed by atoms with Crippen molar-refractivity contribution in [2.45, 2.75) is 0 Å². The van der Waals surface area contributed by atoms with E-state index in [1.54, 1.807) is 7.11 Å². The number of quaternary nitrogens is 1. The second-order valence-electron chi connectivity index (χ2n) is 3.96. The summed E-state index contributed by atoms with van der Waals surface area (Å²) in [6.45, 7) is 0. The summed E-state index contributed by atoms with van der Waals surface area (Å²) >= 11 is 0. The molecule has 14 heavy (non-hydrogen) atoms. The van der Waals surface area contributed by atoms with Crippen molar-refractivity contribution in [2.24, 2.45) is 5.10 Å². The number of hydrogen-bond donors (Lipinski definition) is 0. The van der Waals surface area contributed by atoms with Gasteiger partial charge in [-0.1, -0.05) is 5.10 Å². The highest BCUT2D eigenvalue weighted by Gasteiger charge is 2.01. The molecule has 76 valence electrons. The third kappa shape index (κ3) is 3.58. The first-order valence-corrected chi connectivity index (χ1v) is 4.52. The van der Waals surface area contributed by atoms with Crippen LogP contribution in [0.4, 0.5) is 0 Å². The summed E-state index contributed by atoms with van der Waals surface area (Å²) in [7, 11) is 7.70. The molecule has 1 rings (SSSR count). The molecule has 0 fully saturated rings. The van der Waals surface area contributed by atoms with Gasteiger partial charge in [-0.25, -0.2) is 4.59 Å². The summed E-state index contributed by atoms with van der Waals surface area (Å²) in [6, 6.07) is 7.82. The lowest BCUT2D eigenvalue weighted by Crippen LogP contribution is -2.27. The Kier molecular flexibility index (Phi) is 3.25. The largest absolute Gasteiger partial charge is 0.497 e. The Morgan fingerprint density at radius 1 is 1.14 bits per heavy atom. The number of rotatable bonds is 3. The van der Waals surface area contributed by atoms with Crippen LogP contribution in [0.2, 0.25) is 0 Å². The first-order valence-electron chi connectivity index (χ1n) is 4.52. The summed E-state index contributed by atoms with van der Waals surface area (Å²) in [5, 5.41) is 4.35. The standard InChI is InChI=1S/C11H17N2O/c1-13(2,3)12-9-10-5-7-11(14-4)8-6-10/h5-9H,1-4H3/q+1/b12-9+. The van der Waals surface area contributed by atoms with Gasteiger partial charge in [0.25, 0.3) is 0 Å². The first-order chi connectivity index (χ1) is 6.51. The fourth-order valence-corrected chi connectivity index (χ4v) is 0.930. The second kappa shape index (κ2) is 4.24. The molecule has 0 unspecified atom stereocenters. The van der Waals surface area contributed by atoms with Gasteiger partial charge >= 0.3 is 0 Å². The molecule has 1 aromatic carbocycles. The monoisotopic (exact) mass is 193 g/mol. The van der Waals surface area contributed by atoms with E-state index >= 15 is 0 Å². The predicted octanol–water partition coefficient (Wildman–Crippen LogP) is 1.74. The van der Waals surface area contributed by atoms with Crippen molar-refractivity contribution in [2.75, 3.05) is 28.3 Å². The maximum atomic E-state index is 5.07. The van der Waals surface area contributed by atoms with E-state index in [2.05, 4.69) is 5.10 Å². The van der Waals surface area contributed by atoms with Crippen LogP contribution >= 0.6 is 0 Å². The van der Waals surface area contributed by atoms with Crippen LogP contribution in [0.5, 0.6) is 5.75 Å². The van der Waals surface area contributed by atoms with Crippen LogP contribution in [-0.2, 0) is 0 Å². The van der Waals surface area contributed by atoms with E-state index < -0.39 is 0 Å². The molecule has 0 bridgehead atoms. The average Bonchev–Trinajstić information content (AvgIpc) is 2.14. The second-order valence-corrected chi connectivity index (χ2v) is 3.96. The molecule has 0 aliphatic carbocycles. The van der Waals surface area contributed by atoms with Crippen LogP contribution in [0, 0.1) is 0 Å². The first kappa shape index (κ1) is 10.7. The van der Waals surface area contributed by atoms with Crippen molar-refractivity contribution in [3.8, 4) is 5.75 Å². The van der Waals surface area contributed by atoms with Gasteiger partial charge < -0.3 is 4.74 Å². The smallest absolute Gasteiger partial charge is 0.118 e. The SMILES string of the molecule is COc1ccc(/C=N/[N+](C)(C)C)cc1. The summed E-state index contributed by atoms with van der Waals surface area (Å²) in [5.41, 5.74) is 1.08. The van der Waals surface area contributed by atoms with Crippen LogP contribution < -0.4 is 4.74 Å². The van der Waals surface area contributed by atoms with Gasteiger partial charge in [0.15, 0.2) is 0 Å². The molecule has 0 spiro atoms. The molecule has 1 aromatic rings. The zero-order valence-corrected chi connectivity index (χ0v) is 9.19. The number of hydrogen-bond acceptors (Lipinski definition) is 2. The molecule has 0 N–H and O–H groups in total. The molecule has 0 aliphatic rings. The van der Waals surface area contributed by atoms with Crippen molar-refractivity contribution in [1.82, 2.24) is 0 Å². The number of benzene rings is 1. The van der Waals surface area contributed by atoms with E-state index in [0.717, 1.165) is 11.3 Å². The van der Waals surface area contributed by atoms with Crippen molar-refractivity contribution < 1.29 is 9.33 Å². The lowest BCUT2D eigenvalue weighted by Gasteiger charge is -2.14. The van der Waals surface area contributed by atoms with Gasteiger partial charge in [-0.05, 0) is 29.8 Å². The third-order valence-corrected chi connectivity index (χ3v) is 1.67. The quantitative estimate of drug-likeness (QED) is 0.407. The van der Waals surface area contributed by atoms with Gasteiger partial charge in [-0.2, -0.15) is 0 Å². The molecule has 0 atom stereocenters. The van der Waals surface area contributed by atoms with Crippen molar-refractivity contribution in [1.29, 1.82) is 0 Å². The minimum Gasteiger partial charge on any atom is -0.497 e. The zero-order valence-electron chi connectivity index (χ0n) is 9.19. The highest BCUT2D eigenvalue weighted by atomic mass is 16.5. The lowest BCUT2D eigenvalue weighted by atomic mass is 10.2. The molecular formula is C11H17N2O+. The maximum absolute atomic E-state index is 5.07. The average molecular weight is 193 g/mol. The van der Waals surface area contributed by atoms with Crippen LogP contribution in [0.25, 0.3) is 0 Å². The van der Waals surface area contributed by atoms with Crippen molar-refractivity contribution >= 4 is 6.21 Å². The predicted molar refractivity (Wildman–Crippen MR) is 58.6 cm³/mol. The molecule has 0 saturated heterocycles. The Morgan fingerprint density at radius 3 is 2.14 bits per heavy atom. The Hall–Kier alpha value is -1.35. The molecule has 0 heterocycles. The van der Waals surface area contributed by atoms with Crippen molar-refractivity contribution in [3.63, 3.8) is 0 Å². The van der Waals surface area contributed by atoms with Gasteiger partial charge in [0.2, 0.25) is 0 Å². The van der Waals surface area contributed by atoms with Crippen LogP contribution in [0.3, 0.4) is 0 Å². The highest BCUT2D eigenvalue weighted by molar-refractivity contribution is 5.79. The van der Waals surface area contributed by atoms with E-state index in [1.165, 1.54) is 0 Å². The molecule has 0 amide bonds. The Bertz CT molecular complexity index is 309. The maximum Gasteiger partial charge on any atom is 0.118 e. The topological polar surface area (TPSA) is 21.6 Å². The minimum absolute atomic E-state index is 0.575. The summed E-state index contributed by atoms with van der Waals surface area (Å²) < 4.78 is 5.64. The van der Waals surface area contributed by atoms with E-state index in [9.17, 15) is 0 Å². The summed E-state index contributed by atoms with van der Waals surface area (Å²) in [4.78, 5) is 0. The molecule has 0 saturated carbocycles. The number of nitrogens with zero attached hydrogens (tertiary/aromatic N) is 2. The number of ether oxygens (including phenoxy) is 1. The van der Waals surface area contributed by atoms with E-state index in [0.29, 0.717) is 4.59 Å². The number of methoxy groups -OCH3 is 1. The third-order valence-electron chi connectivity index (χ3n) is 1.67. The minimum atomic E-state index is 0.575. The van der Waals surface area contributed by atoms with Gasteiger partial charge in [0.05, 0.1) is 34.5 Å². The van der Waals surface area contributed by atoms with Gasteiger partial charge in [0, 0.05) is 0 Å². The molecule has 0 aromatic heterocycles. The Morgan fingerprint density at radius 2 is 1.71 bits per heavy atom. The summed E-state index contributed by atoms with van der Waals surface area (Å²) in [5.74, 6) is 0.868. The van der Waals surface area contributed by atoms with Gasteiger partial charge in [0.1, 0.15) is 5.75 Å². The van der Waals surface area contributed by atoms with E-state index in [1.807, 2.05) is 51.6 Å². The van der Waals surface area contributed by atoms with E-state index in [-0.39, 0.29) is 0 Å². The fourth-order valence-electron chi connectivity index (χ4n) is 0.930. The molecular weight excluding hydrogens is 176 g/mol. The highest BCUT2D eigenvalue weighted by Crippen LogP contribution is 2.09. The Balaban J connectivity index is 2.74. The zero-order chi connectivity index (χ0) is 10.6. The fraction of sp³-hybridized carbons (Fsp3) is 0.364. The van der Waals surface area contributed by atoms with Gasteiger partial charge in [-0.15, -0.1) is 0 Å². The molecule has 0 aliphatic heterocycles. The van der Waals surface area contributed by atoms with E-state index in [4.69, 9.17) is 4.74 Å². The van der Waals surface area contributed by atoms with Gasteiger partial charge in [-0.3, -0.25) is 0 Å². The van der Waals surface area contributed by atoms with Crippen LogP contribution in [-0.4, -0.2) is 39.1 Å². The van der Waals surface area contributed by atoms with Crippen molar-refractivity contribution in [3.05, 3.63) is 29.8 Å². The molecule has 3 nitrogen and oxygen atoms in total. The molecule has 0 radical (unpaired) electrons. The normalized spacial score (nSPS) is 12.0. The molecule has 3 heteroatoms. The van der Waals surface area contributed by atoms with Crippen LogP contribution in [0.1, 0.15) is 5.56 Å².